The minimum atomic E-state index is -0.310. The quantitative estimate of drug-likeness (QED) is 0.758. The number of carbonyl (C=O) groups excluding carboxylic acids is 1. The zero-order valence-corrected chi connectivity index (χ0v) is 14.0. The number of hydrogen-bond acceptors (Lipinski definition) is 6. The van der Waals surface area contributed by atoms with Gasteiger partial charge in [-0.2, -0.15) is 0 Å². The SMILES string of the molecule is CCOC(=O)c1sc(NCC(C)N(C)C)c(C2CC2)c1N. The van der Waals surface area contributed by atoms with Gasteiger partial charge in [0, 0.05) is 18.2 Å². The first-order valence-corrected chi connectivity index (χ1v) is 8.26. The van der Waals surface area contributed by atoms with Crippen LogP contribution in [0.15, 0.2) is 0 Å². The van der Waals surface area contributed by atoms with Gasteiger partial charge in [-0.05, 0) is 46.7 Å². The van der Waals surface area contributed by atoms with E-state index in [1.165, 1.54) is 11.3 Å². The molecule has 0 aromatic carbocycles. The molecule has 21 heavy (non-hydrogen) atoms. The lowest BCUT2D eigenvalue weighted by Gasteiger charge is -2.20. The summed E-state index contributed by atoms with van der Waals surface area (Å²) in [4.78, 5) is 14.7. The van der Waals surface area contributed by atoms with Gasteiger partial charge in [0.25, 0.3) is 0 Å². The number of likely N-dealkylation sites (N-methyl/N-ethyl adjacent to an activating group) is 1. The van der Waals surface area contributed by atoms with E-state index in [1.54, 1.807) is 6.92 Å². The van der Waals surface area contributed by atoms with Crippen molar-refractivity contribution in [3.63, 3.8) is 0 Å². The fraction of sp³-hybridized carbons (Fsp3) is 0.667. The smallest absolute Gasteiger partial charge is 0.350 e. The number of carbonyl (C=O) groups is 1. The molecule has 6 heteroatoms. The van der Waals surface area contributed by atoms with E-state index in [-0.39, 0.29) is 5.97 Å². The highest BCUT2D eigenvalue weighted by molar-refractivity contribution is 7.18. The van der Waals surface area contributed by atoms with Gasteiger partial charge in [0.05, 0.1) is 17.3 Å². The third-order valence-corrected chi connectivity index (χ3v) is 5.03. The molecular formula is C15H25N3O2S. The van der Waals surface area contributed by atoms with E-state index in [4.69, 9.17) is 10.5 Å². The summed E-state index contributed by atoms with van der Waals surface area (Å²) >= 11 is 1.43. The van der Waals surface area contributed by atoms with E-state index in [2.05, 4.69) is 31.2 Å². The van der Waals surface area contributed by atoms with Crippen LogP contribution in [-0.2, 0) is 4.74 Å². The lowest BCUT2D eigenvalue weighted by molar-refractivity contribution is 0.0533. The van der Waals surface area contributed by atoms with Gasteiger partial charge in [-0.1, -0.05) is 0 Å². The molecule has 1 unspecified atom stereocenters. The van der Waals surface area contributed by atoms with Crippen molar-refractivity contribution in [1.29, 1.82) is 0 Å². The van der Waals surface area contributed by atoms with Crippen molar-refractivity contribution in [3.8, 4) is 0 Å². The maximum atomic E-state index is 12.0. The lowest BCUT2D eigenvalue weighted by atomic mass is 10.1. The molecule has 3 N–H and O–H groups in total. The normalized spacial score (nSPS) is 16.0. The van der Waals surface area contributed by atoms with E-state index in [1.807, 2.05) is 0 Å². The summed E-state index contributed by atoms with van der Waals surface area (Å²) in [5, 5.41) is 4.50. The fourth-order valence-electron chi connectivity index (χ4n) is 2.14. The summed E-state index contributed by atoms with van der Waals surface area (Å²) in [5.41, 5.74) is 7.93. The molecule has 1 aliphatic carbocycles. The second kappa shape index (κ2) is 6.66. The first-order valence-electron chi connectivity index (χ1n) is 7.45. The van der Waals surface area contributed by atoms with Crippen molar-refractivity contribution in [2.75, 3.05) is 38.3 Å². The number of esters is 1. The Hall–Kier alpha value is -1.27. The van der Waals surface area contributed by atoms with E-state index in [9.17, 15) is 4.79 Å². The molecule has 1 atom stereocenters. The third kappa shape index (κ3) is 3.68. The number of anilines is 2. The second-order valence-electron chi connectivity index (χ2n) is 5.78. The third-order valence-electron chi connectivity index (χ3n) is 3.87. The van der Waals surface area contributed by atoms with Crippen LogP contribution in [0.3, 0.4) is 0 Å². The Morgan fingerprint density at radius 3 is 2.71 bits per heavy atom. The first kappa shape index (κ1) is 16.1. The largest absolute Gasteiger partial charge is 0.462 e. The minimum Gasteiger partial charge on any atom is -0.462 e. The molecule has 0 aliphatic heterocycles. The van der Waals surface area contributed by atoms with Crippen LogP contribution in [0.5, 0.6) is 0 Å². The van der Waals surface area contributed by atoms with Crippen LogP contribution < -0.4 is 11.1 Å². The number of nitrogens with two attached hydrogens (primary N) is 1. The molecule has 1 saturated carbocycles. The Kier molecular flexibility index (Phi) is 5.11. The number of ether oxygens (including phenoxy) is 1. The molecule has 1 aromatic rings. The van der Waals surface area contributed by atoms with Crippen LogP contribution in [0.1, 0.15) is 47.8 Å². The molecule has 1 aromatic heterocycles. The standard InChI is InChI=1S/C15H25N3O2S/c1-5-20-15(19)13-12(16)11(10-6-7-10)14(21-13)17-8-9(2)18(3)4/h9-10,17H,5-8,16H2,1-4H3. The van der Waals surface area contributed by atoms with Crippen molar-refractivity contribution < 1.29 is 9.53 Å². The Morgan fingerprint density at radius 1 is 1.52 bits per heavy atom. The second-order valence-corrected chi connectivity index (χ2v) is 6.80. The monoisotopic (exact) mass is 311 g/mol. The Bertz CT molecular complexity index is 509. The van der Waals surface area contributed by atoms with Gasteiger partial charge < -0.3 is 20.7 Å². The molecule has 0 bridgehead atoms. The highest BCUT2D eigenvalue weighted by Gasteiger charge is 2.33. The van der Waals surface area contributed by atoms with Crippen molar-refractivity contribution in [1.82, 2.24) is 4.90 Å². The van der Waals surface area contributed by atoms with E-state index >= 15 is 0 Å². The molecule has 0 amide bonds. The minimum absolute atomic E-state index is 0.310. The molecule has 0 spiro atoms. The van der Waals surface area contributed by atoms with Crippen LogP contribution in [0, 0.1) is 0 Å². The van der Waals surface area contributed by atoms with Crippen LogP contribution >= 0.6 is 11.3 Å². The number of hydrogen-bond donors (Lipinski definition) is 2. The average Bonchev–Trinajstić information content (AvgIpc) is 3.20. The van der Waals surface area contributed by atoms with Crippen LogP contribution in [0.2, 0.25) is 0 Å². The van der Waals surface area contributed by atoms with Gasteiger partial charge in [-0.25, -0.2) is 4.79 Å². The highest BCUT2D eigenvalue weighted by atomic mass is 32.1. The summed E-state index contributed by atoms with van der Waals surface area (Å²) < 4.78 is 5.10. The maximum Gasteiger partial charge on any atom is 0.350 e. The summed E-state index contributed by atoms with van der Waals surface area (Å²) in [6.45, 7) is 5.17. The molecule has 118 valence electrons. The summed E-state index contributed by atoms with van der Waals surface area (Å²) in [5.74, 6) is 0.192. The molecule has 2 rings (SSSR count). The number of nitrogens with one attached hydrogen (secondary N) is 1. The molecule has 5 nitrogen and oxygen atoms in total. The van der Waals surface area contributed by atoms with Crippen molar-refractivity contribution in [2.45, 2.75) is 38.6 Å². The van der Waals surface area contributed by atoms with Crippen LogP contribution in [-0.4, -0.2) is 44.2 Å². The molecule has 1 fully saturated rings. The summed E-state index contributed by atoms with van der Waals surface area (Å²) in [6.07, 6.45) is 2.31. The molecule has 0 radical (unpaired) electrons. The first-order chi connectivity index (χ1) is 9.95. The van der Waals surface area contributed by atoms with E-state index in [0.29, 0.717) is 29.1 Å². The predicted molar refractivity (Wildman–Crippen MR) is 88.3 cm³/mol. The Balaban J connectivity index is 2.19. The van der Waals surface area contributed by atoms with Gasteiger partial charge in [-0.15, -0.1) is 11.3 Å². The summed E-state index contributed by atoms with van der Waals surface area (Å²) in [6, 6.07) is 0.409. The Labute approximate surface area is 130 Å². The van der Waals surface area contributed by atoms with Gasteiger partial charge in [-0.3, -0.25) is 0 Å². The zero-order valence-electron chi connectivity index (χ0n) is 13.2. The van der Waals surface area contributed by atoms with Crippen molar-refractivity contribution in [3.05, 3.63) is 10.4 Å². The van der Waals surface area contributed by atoms with Crippen LogP contribution in [0.25, 0.3) is 0 Å². The average molecular weight is 311 g/mol. The lowest BCUT2D eigenvalue weighted by Crippen LogP contribution is -2.31. The summed E-state index contributed by atoms with van der Waals surface area (Å²) in [7, 11) is 4.11. The van der Waals surface area contributed by atoms with Gasteiger partial charge in [0.15, 0.2) is 0 Å². The molecule has 0 saturated heterocycles. The fourth-order valence-corrected chi connectivity index (χ4v) is 3.24. The Morgan fingerprint density at radius 2 is 2.19 bits per heavy atom. The van der Waals surface area contributed by atoms with E-state index in [0.717, 1.165) is 30.0 Å². The number of nitrogens with zero attached hydrogens (tertiary/aromatic N) is 1. The number of nitrogen functional groups attached to an aromatic ring is 1. The van der Waals surface area contributed by atoms with Gasteiger partial charge in [0.2, 0.25) is 0 Å². The van der Waals surface area contributed by atoms with E-state index < -0.39 is 0 Å². The zero-order chi connectivity index (χ0) is 15.6. The van der Waals surface area contributed by atoms with Gasteiger partial charge >= 0.3 is 5.97 Å². The van der Waals surface area contributed by atoms with Crippen molar-refractivity contribution >= 4 is 28.0 Å². The highest BCUT2D eigenvalue weighted by Crippen LogP contribution is 2.50. The number of rotatable bonds is 7. The molecule has 1 aliphatic rings. The predicted octanol–water partition coefficient (Wildman–Crippen LogP) is 2.75. The maximum absolute atomic E-state index is 12.0. The molecular weight excluding hydrogens is 286 g/mol. The molecule has 1 heterocycles. The topological polar surface area (TPSA) is 67.6 Å². The van der Waals surface area contributed by atoms with Crippen LogP contribution in [0.4, 0.5) is 10.7 Å². The van der Waals surface area contributed by atoms with Crippen molar-refractivity contribution in [2.24, 2.45) is 0 Å². The number of thiophene rings is 1. The van der Waals surface area contributed by atoms with Gasteiger partial charge in [0.1, 0.15) is 4.88 Å².